The third-order valence-electron chi connectivity index (χ3n) is 6.46. The first kappa shape index (κ1) is 25.2. The van der Waals surface area contributed by atoms with E-state index in [0.29, 0.717) is 13.0 Å². The van der Waals surface area contributed by atoms with Gasteiger partial charge in [0.2, 0.25) is 11.8 Å². The van der Waals surface area contributed by atoms with Crippen LogP contribution in [-0.4, -0.2) is 32.5 Å². The number of hydrogen-bond donors (Lipinski definition) is 1. The molecule has 1 aliphatic heterocycles. The molecule has 37 heavy (non-hydrogen) atoms. The Bertz CT molecular complexity index is 1400. The van der Waals surface area contributed by atoms with Crippen LogP contribution in [0.5, 0.6) is 0 Å². The minimum absolute atomic E-state index is 0.0322. The van der Waals surface area contributed by atoms with Crippen LogP contribution in [0.2, 0.25) is 0 Å². The number of amides is 1. The van der Waals surface area contributed by atoms with Crippen LogP contribution in [0.15, 0.2) is 58.3 Å². The number of aromatic nitrogens is 3. The highest BCUT2D eigenvalue weighted by Gasteiger charge is 2.34. The monoisotopic (exact) mass is 523 g/mol. The second-order valence-corrected chi connectivity index (χ2v) is 10.5. The number of nitrogens with two attached hydrogens (primary N) is 1. The summed E-state index contributed by atoms with van der Waals surface area (Å²) in [6.07, 6.45) is -0.727. The highest BCUT2D eigenvalue weighted by atomic mass is 32.1. The van der Waals surface area contributed by atoms with Gasteiger partial charge in [0.15, 0.2) is 0 Å². The van der Waals surface area contributed by atoms with Gasteiger partial charge in [-0.25, -0.2) is 13.8 Å². The average molecular weight is 524 g/mol. The number of halogens is 2. The molecule has 10 heteroatoms. The Balaban J connectivity index is 1.45. The molecule has 1 amide bonds. The first-order chi connectivity index (χ1) is 17.7. The van der Waals surface area contributed by atoms with E-state index in [1.807, 2.05) is 42.6 Å². The third kappa shape index (κ3) is 5.30. The summed E-state index contributed by atoms with van der Waals surface area (Å²) in [6, 6.07) is 13.5. The molecule has 0 radical (unpaired) electrons. The van der Waals surface area contributed by atoms with Crippen molar-refractivity contribution in [3.8, 4) is 11.5 Å². The van der Waals surface area contributed by atoms with Gasteiger partial charge in [-0.3, -0.25) is 4.79 Å². The van der Waals surface area contributed by atoms with Crippen molar-refractivity contribution in [2.45, 2.75) is 51.1 Å². The summed E-state index contributed by atoms with van der Waals surface area (Å²) in [5.74, 6) is -0.114. The highest BCUT2D eigenvalue weighted by Crippen LogP contribution is 2.36. The predicted octanol–water partition coefficient (Wildman–Crippen LogP) is 5.83. The number of likely N-dealkylation sites (tertiary alicyclic amines) is 1. The predicted molar refractivity (Wildman–Crippen MR) is 136 cm³/mol. The Morgan fingerprint density at radius 2 is 2.03 bits per heavy atom. The minimum atomic E-state index is -2.78. The molecule has 2 aromatic heterocycles. The molecule has 0 bridgehead atoms. The van der Waals surface area contributed by atoms with E-state index in [1.54, 1.807) is 11.8 Å². The summed E-state index contributed by atoms with van der Waals surface area (Å²) in [5.41, 5.74) is 7.51. The maximum atomic E-state index is 13.8. The Kier molecular flexibility index (Phi) is 6.87. The number of carbonyl (C=O) groups excluding carboxylic acids is 1. The molecular weight excluding hydrogens is 496 g/mol. The lowest BCUT2D eigenvalue weighted by Crippen LogP contribution is -2.35. The van der Waals surface area contributed by atoms with E-state index in [2.05, 4.69) is 15.2 Å². The average Bonchev–Trinajstić information content (AvgIpc) is 3.64. The van der Waals surface area contributed by atoms with Crippen molar-refractivity contribution in [2.24, 2.45) is 5.73 Å². The summed E-state index contributed by atoms with van der Waals surface area (Å²) >= 11 is 1.51. The lowest BCUT2D eigenvalue weighted by Gasteiger charge is -2.23. The number of benzene rings is 2. The van der Waals surface area contributed by atoms with Crippen molar-refractivity contribution < 1.29 is 18.0 Å². The van der Waals surface area contributed by atoms with Gasteiger partial charge in [0.1, 0.15) is 5.01 Å². The summed E-state index contributed by atoms with van der Waals surface area (Å²) in [5, 5.41) is 11.0. The van der Waals surface area contributed by atoms with Gasteiger partial charge < -0.3 is 15.1 Å². The Morgan fingerprint density at radius 3 is 2.73 bits per heavy atom. The van der Waals surface area contributed by atoms with Gasteiger partial charge in [0.05, 0.1) is 11.6 Å². The Morgan fingerprint density at radius 1 is 1.24 bits per heavy atom. The highest BCUT2D eigenvalue weighted by molar-refractivity contribution is 7.09. The number of alkyl halides is 2. The summed E-state index contributed by atoms with van der Waals surface area (Å²) < 4.78 is 33.6. The molecule has 1 saturated heterocycles. The molecular formula is C27H27F2N5O2S. The number of hydrogen-bond acceptors (Lipinski definition) is 7. The third-order valence-corrected chi connectivity index (χ3v) is 7.53. The fourth-order valence-electron chi connectivity index (χ4n) is 4.65. The van der Waals surface area contributed by atoms with Crippen LogP contribution < -0.4 is 5.73 Å². The van der Waals surface area contributed by atoms with Crippen LogP contribution in [0.1, 0.15) is 70.3 Å². The first-order valence-electron chi connectivity index (χ1n) is 12.0. The van der Waals surface area contributed by atoms with E-state index >= 15 is 0 Å². The quantitative estimate of drug-likeness (QED) is 0.327. The minimum Gasteiger partial charge on any atom is -0.419 e. The second-order valence-electron chi connectivity index (χ2n) is 9.62. The maximum absolute atomic E-state index is 13.8. The van der Waals surface area contributed by atoms with Gasteiger partial charge in [0.25, 0.3) is 12.3 Å². The van der Waals surface area contributed by atoms with E-state index in [1.165, 1.54) is 29.5 Å². The van der Waals surface area contributed by atoms with Crippen molar-refractivity contribution in [2.75, 3.05) is 6.54 Å². The molecule has 5 rings (SSSR count). The van der Waals surface area contributed by atoms with Crippen LogP contribution in [-0.2, 0) is 12.0 Å². The van der Waals surface area contributed by atoms with E-state index < -0.39 is 12.0 Å². The second kappa shape index (κ2) is 10.1. The van der Waals surface area contributed by atoms with Crippen LogP contribution in [0.25, 0.3) is 11.5 Å². The Labute approximate surface area is 217 Å². The van der Waals surface area contributed by atoms with E-state index in [4.69, 9.17) is 10.2 Å². The van der Waals surface area contributed by atoms with E-state index in [-0.39, 0.29) is 40.4 Å². The summed E-state index contributed by atoms with van der Waals surface area (Å²) in [4.78, 5) is 19.8. The number of carbonyl (C=O) groups is 1. The van der Waals surface area contributed by atoms with Gasteiger partial charge in [0, 0.05) is 34.3 Å². The van der Waals surface area contributed by atoms with Crippen LogP contribution in [0.4, 0.5) is 8.78 Å². The number of rotatable bonds is 7. The van der Waals surface area contributed by atoms with Crippen molar-refractivity contribution in [1.82, 2.24) is 20.1 Å². The van der Waals surface area contributed by atoms with Crippen molar-refractivity contribution >= 4 is 17.2 Å². The van der Waals surface area contributed by atoms with Gasteiger partial charge in [-0.15, -0.1) is 21.5 Å². The smallest absolute Gasteiger partial charge is 0.263 e. The molecule has 0 aliphatic carbocycles. The zero-order chi connectivity index (χ0) is 26.2. The maximum Gasteiger partial charge on any atom is 0.263 e. The van der Waals surface area contributed by atoms with Gasteiger partial charge >= 0.3 is 0 Å². The zero-order valence-corrected chi connectivity index (χ0v) is 21.3. The van der Waals surface area contributed by atoms with Crippen molar-refractivity contribution in [1.29, 1.82) is 0 Å². The fourth-order valence-corrected chi connectivity index (χ4v) is 5.59. The lowest BCUT2D eigenvalue weighted by atomic mass is 9.94. The molecule has 0 spiro atoms. The fraction of sp³-hybridized carbons (Fsp3) is 0.333. The van der Waals surface area contributed by atoms with Crippen molar-refractivity contribution in [3.63, 3.8) is 0 Å². The number of nitrogens with zero attached hydrogens (tertiary/aromatic N) is 4. The molecule has 2 N–H and O–H groups in total. The normalized spacial score (nSPS) is 17.4. The molecule has 0 unspecified atom stereocenters. The number of thiazole rings is 1. The lowest BCUT2D eigenvalue weighted by molar-refractivity contribution is 0.0735. The van der Waals surface area contributed by atoms with Gasteiger partial charge in [-0.05, 0) is 56.9 Å². The number of aryl methyl sites for hydroxylation is 1. The zero-order valence-electron chi connectivity index (χ0n) is 20.5. The van der Waals surface area contributed by atoms with Crippen molar-refractivity contribution in [3.05, 3.63) is 87.2 Å². The molecule has 3 heterocycles. The van der Waals surface area contributed by atoms with Crippen LogP contribution in [0, 0.1) is 6.92 Å². The van der Waals surface area contributed by atoms with E-state index in [9.17, 15) is 13.6 Å². The molecule has 1 aliphatic rings. The molecule has 1 fully saturated rings. The SMILES string of the molecule is Cc1csc([C@H]2CCCN2C(=O)c2cc(-c3nnc([C@@](C)(N)Cc4ccccc4)o3)cc(C(F)F)c2)n1. The van der Waals surface area contributed by atoms with Gasteiger partial charge in [-0.1, -0.05) is 30.3 Å². The molecule has 192 valence electrons. The molecule has 7 nitrogen and oxygen atoms in total. The summed E-state index contributed by atoms with van der Waals surface area (Å²) in [6.45, 7) is 4.21. The standard InChI is InChI=1S/C27H27F2N5O2S/c1-16-15-37-24(31-16)21-9-6-10-34(21)25(35)20-12-18(22(28)29)11-19(13-20)23-32-33-26(36-23)27(2,30)14-17-7-4-3-5-8-17/h3-5,7-8,11-13,15,21-22H,6,9-10,14,30H2,1-2H3/t21-,27+/m1/s1. The first-order valence-corrected chi connectivity index (χ1v) is 12.9. The van der Waals surface area contributed by atoms with Crippen LogP contribution >= 0.6 is 11.3 Å². The largest absolute Gasteiger partial charge is 0.419 e. The van der Waals surface area contributed by atoms with Crippen LogP contribution in [0.3, 0.4) is 0 Å². The molecule has 0 saturated carbocycles. The topological polar surface area (TPSA) is 98.1 Å². The van der Waals surface area contributed by atoms with E-state index in [0.717, 1.165) is 29.1 Å². The summed E-state index contributed by atoms with van der Waals surface area (Å²) in [7, 11) is 0. The molecule has 2 aromatic carbocycles. The Hall–Kier alpha value is -3.50. The molecule has 4 aromatic rings. The van der Waals surface area contributed by atoms with Gasteiger partial charge in [-0.2, -0.15) is 0 Å². The molecule has 2 atom stereocenters.